The third-order valence-corrected chi connectivity index (χ3v) is 1.58. The van der Waals surface area contributed by atoms with Gasteiger partial charge in [-0.15, -0.1) is 0 Å². The zero-order chi connectivity index (χ0) is 10.0. The standard InChI is InChI=1S/C10H12F2O/c1-6(2)13-10-5-9(12)8(11)4-7(10)3/h4-6H,1-3H3. The SMILES string of the molecule is Cc1cc(F)c(F)cc1OC(C)C. The van der Waals surface area contributed by atoms with Gasteiger partial charge in [0.05, 0.1) is 6.10 Å². The predicted octanol–water partition coefficient (Wildman–Crippen LogP) is 3.06. The first-order chi connectivity index (χ1) is 6.00. The highest BCUT2D eigenvalue weighted by Gasteiger charge is 2.08. The van der Waals surface area contributed by atoms with Crippen molar-refractivity contribution >= 4 is 0 Å². The minimum atomic E-state index is -0.874. The molecule has 0 aromatic heterocycles. The summed E-state index contributed by atoms with van der Waals surface area (Å²) >= 11 is 0. The van der Waals surface area contributed by atoms with E-state index in [1.165, 1.54) is 0 Å². The van der Waals surface area contributed by atoms with Crippen molar-refractivity contribution in [3.8, 4) is 5.75 Å². The summed E-state index contributed by atoms with van der Waals surface area (Å²) in [7, 11) is 0. The molecular weight excluding hydrogens is 174 g/mol. The molecule has 0 saturated carbocycles. The van der Waals surface area contributed by atoms with Crippen LogP contribution in [-0.2, 0) is 0 Å². The van der Waals surface area contributed by atoms with Gasteiger partial charge < -0.3 is 4.74 Å². The number of rotatable bonds is 2. The van der Waals surface area contributed by atoms with Crippen molar-refractivity contribution in [2.75, 3.05) is 0 Å². The average Bonchev–Trinajstić information content (AvgIpc) is 1.99. The van der Waals surface area contributed by atoms with Crippen LogP contribution in [0.1, 0.15) is 19.4 Å². The second-order valence-electron chi connectivity index (χ2n) is 3.20. The fourth-order valence-corrected chi connectivity index (χ4v) is 1.01. The van der Waals surface area contributed by atoms with Crippen LogP contribution in [0.15, 0.2) is 12.1 Å². The highest BCUT2D eigenvalue weighted by atomic mass is 19.2. The van der Waals surface area contributed by atoms with Gasteiger partial charge in [0.1, 0.15) is 5.75 Å². The first kappa shape index (κ1) is 9.96. The van der Waals surface area contributed by atoms with E-state index in [9.17, 15) is 8.78 Å². The lowest BCUT2D eigenvalue weighted by Crippen LogP contribution is -2.07. The van der Waals surface area contributed by atoms with Crippen LogP contribution in [0.2, 0.25) is 0 Å². The molecule has 0 N–H and O–H groups in total. The van der Waals surface area contributed by atoms with Gasteiger partial charge in [-0.25, -0.2) is 8.78 Å². The Bertz CT molecular complexity index is 308. The van der Waals surface area contributed by atoms with E-state index >= 15 is 0 Å². The summed E-state index contributed by atoms with van der Waals surface area (Å²) in [5.74, 6) is -1.32. The number of hydrogen-bond donors (Lipinski definition) is 0. The molecule has 1 aromatic carbocycles. The molecule has 1 aromatic rings. The molecule has 0 aliphatic carbocycles. The first-order valence-electron chi connectivity index (χ1n) is 4.13. The van der Waals surface area contributed by atoms with Crippen LogP contribution in [-0.4, -0.2) is 6.10 Å². The maximum Gasteiger partial charge on any atom is 0.162 e. The van der Waals surface area contributed by atoms with E-state index in [0.717, 1.165) is 12.1 Å². The molecule has 13 heavy (non-hydrogen) atoms. The van der Waals surface area contributed by atoms with E-state index in [1.807, 2.05) is 13.8 Å². The minimum Gasteiger partial charge on any atom is -0.491 e. The van der Waals surface area contributed by atoms with Crippen LogP contribution in [0.4, 0.5) is 8.78 Å². The smallest absolute Gasteiger partial charge is 0.162 e. The van der Waals surface area contributed by atoms with E-state index < -0.39 is 11.6 Å². The van der Waals surface area contributed by atoms with E-state index in [0.29, 0.717) is 11.3 Å². The van der Waals surface area contributed by atoms with E-state index in [1.54, 1.807) is 6.92 Å². The van der Waals surface area contributed by atoms with Crippen molar-refractivity contribution in [3.05, 3.63) is 29.3 Å². The van der Waals surface area contributed by atoms with Crippen LogP contribution < -0.4 is 4.74 Å². The zero-order valence-corrected chi connectivity index (χ0v) is 7.90. The summed E-state index contributed by atoms with van der Waals surface area (Å²) in [5, 5.41) is 0. The molecular formula is C10H12F2O. The summed E-state index contributed by atoms with van der Waals surface area (Å²) in [6.45, 7) is 5.35. The summed E-state index contributed by atoms with van der Waals surface area (Å²) in [5.41, 5.74) is 0.604. The zero-order valence-electron chi connectivity index (χ0n) is 7.90. The molecule has 0 atom stereocenters. The molecule has 72 valence electrons. The summed E-state index contributed by atoms with van der Waals surface area (Å²) in [4.78, 5) is 0. The molecule has 0 saturated heterocycles. The van der Waals surface area contributed by atoms with Crippen molar-refractivity contribution < 1.29 is 13.5 Å². The lowest BCUT2D eigenvalue weighted by atomic mass is 10.2. The Morgan fingerprint density at radius 2 is 1.69 bits per heavy atom. The van der Waals surface area contributed by atoms with Gasteiger partial charge in [-0.1, -0.05) is 0 Å². The summed E-state index contributed by atoms with van der Waals surface area (Å²) in [6.07, 6.45) is -0.0384. The molecule has 1 rings (SSSR count). The maximum absolute atomic E-state index is 12.8. The van der Waals surface area contributed by atoms with Crippen molar-refractivity contribution in [2.45, 2.75) is 26.9 Å². The van der Waals surface area contributed by atoms with Crippen LogP contribution >= 0.6 is 0 Å². The molecule has 0 spiro atoms. The Labute approximate surface area is 76.3 Å². The molecule has 0 bridgehead atoms. The summed E-state index contributed by atoms with van der Waals surface area (Å²) in [6, 6.07) is 2.21. The molecule has 1 nitrogen and oxygen atoms in total. The highest BCUT2D eigenvalue weighted by molar-refractivity contribution is 5.33. The van der Waals surface area contributed by atoms with Crippen molar-refractivity contribution in [2.24, 2.45) is 0 Å². The van der Waals surface area contributed by atoms with Crippen molar-refractivity contribution in [1.29, 1.82) is 0 Å². The number of halogens is 2. The third-order valence-electron chi connectivity index (χ3n) is 1.58. The quantitative estimate of drug-likeness (QED) is 0.689. The summed E-state index contributed by atoms with van der Waals surface area (Å²) < 4.78 is 30.7. The Kier molecular flexibility index (Phi) is 2.86. The lowest BCUT2D eigenvalue weighted by molar-refractivity contribution is 0.239. The maximum atomic E-state index is 12.8. The first-order valence-corrected chi connectivity index (χ1v) is 4.13. The van der Waals surface area contributed by atoms with Crippen molar-refractivity contribution in [3.63, 3.8) is 0 Å². The van der Waals surface area contributed by atoms with Crippen LogP contribution in [0.25, 0.3) is 0 Å². The fourth-order valence-electron chi connectivity index (χ4n) is 1.01. The van der Waals surface area contributed by atoms with Gasteiger partial charge in [-0.05, 0) is 32.4 Å². The molecule has 0 unspecified atom stereocenters. The Morgan fingerprint density at radius 1 is 1.15 bits per heavy atom. The Morgan fingerprint density at radius 3 is 2.23 bits per heavy atom. The van der Waals surface area contributed by atoms with Gasteiger partial charge in [-0.3, -0.25) is 0 Å². The second kappa shape index (κ2) is 3.73. The normalized spacial score (nSPS) is 10.6. The Hall–Kier alpha value is -1.12. The number of benzene rings is 1. The average molecular weight is 186 g/mol. The van der Waals surface area contributed by atoms with E-state index in [-0.39, 0.29) is 6.10 Å². The van der Waals surface area contributed by atoms with Crippen LogP contribution in [0.3, 0.4) is 0 Å². The molecule has 0 heterocycles. The van der Waals surface area contributed by atoms with Gasteiger partial charge in [-0.2, -0.15) is 0 Å². The minimum absolute atomic E-state index is 0.0384. The molecule has 0 aliphatic heterocycles. The number of hydrogen-bond acceptors (Lipinski definition) is 1. The topological polar surface area (TPSA) is 9.23 Å². The van der Waals surface area contributed by atoms with Crippen LogP contribution in [0, 0.1) is 18.6 Å². The van der Waals surface area contributed by atoms with Gasteiger partial charge in [0, 0.05) is 6.07 Å². The van der Waals surface area contributed by atoms with E-state index in [4.69, 9.17) is 4.74 Å². The molecule has 3 heteroatoms. The fraction of sp³-hybridized carbons (Fsp3) is 0.400. The lowest BCUT2D eigenvalue weighted by Gasteiger charge is -2.12. The van der Waals surface area contributed by atoms with Crippen LogP contribution in [0.5, 0.6) is 5.75 Å². The second-order valence-corrected chi connectivity index (χ2v) is 3.20. The monoisotopic (exact) mass is 186 g/mol. The van der Waals surface area contributed by atoms with Gasteiger partial charge in [0.15, 0.2) is 11.6 Å². The highest BCUT2D eigenvalue weighted by Crippen LogP contribution is 2.22. The van der Waals surface area contributed by atoms with Gasteiger partial charge >= 0.3 is 0 Å². The third kappa shape index (κ3) is 2.41. The van der Waals surface area contributed by atoms with E-state index in [2.05, 4.69) is 0 Å². The molecule has 0 fully saturated rings. The molecule has 0 aliphatic rings. The molecule has 0 amide bonds. The van der Waals surface area contributed by atoms with Gasteiger partial charge in [0.2, 0.25) is 0 Å². The number of ether oxygens (including phenoxy) is 1. The predicted molar refractivity (Wildman–Crippen MR) is 46.9 cm³/mol. The largest absolute Gasteiger partial charge is 0.491 e. The molecule has 0 radical (unpaired) electrons. The number of aryl methyl sites for hydroxylation is 1. The van der Waals surface area contributed by atoms with Crippen molar-refractivity contribution in [1.82, 2.24) is 0 Å². The Balaban J connectivity index is 3.01. The van der Waals surface area contributed by atoms with Gasteiger partial charge in [0.25, 0.3) is 0 Å².